The highest BCUT2D eigenvalue weighted by molar-refractivity contribution is 7.16. The number of para-hydroxylation sites is 1. The fourth-order valence-electron chi connectivity index (χ4n) is 4.36. The molecule has 32 heavy (non-hydrogen) atoms. The van der Waals surface area contributed by atoms with Crippen LogP contribution in [-0.2, 0) is 11.2 Å². The molecular weight excluding hydrogens is 423 g/mol. The molecular formula is C25H25FN4OS. The topological polar surface area (TPSA) is 61.0 Å². The van der Waals surface area contributed by atoms with Crippen LogP contribution in [0.3, 0.4) is 0 Å². The summed E-state index contributed by atoms with van der Waals surface area (Å²) in [5.41, 5.74) is 2.76. The van der Waals surface area contributed by atoms with Gasteiger partial charge in [0.25, 0.3) is 0 Å². The molecule has 0 bridgehead atoms. The third kappa shape index (κ3) is 4.00. The molecule has 0 unspecified atom stereocenters. The molecule has 1 atom stereocenters. The minimum absolute atomic E-state index is 0.0383. The van der Waals surface area contributed by atoms with Crippen molar-refractivity contribution in [2.75, 3.05) is 16.8 Å². The van der Waals surface area contributed by atoms with E-state index in [0.717, 1.165) is 65.1 Å². The zero-order valence-electron chi connectivity index (χ0n) is 17.9. The number of anilines is 2. The van der Waals surface area contributed by atoms with E-state index >= 15 is 0 Å². The normalized spacial score (nSPS) is 16.1. The van der Waals surface area contributed by atoms with Gasteiger partial charge in [0.2, 0.25) is 5.91 Å². The maximum Gasteiger partial charge on any atom is 0.248 e. The van der Waals surface area contributed by atoms with Crippen LogP contribution >= 0.6 is 11.3 Å². The maximum atomic E-state index is 13.4. The molecule has 2 N–H and O–H groups in total. The van der Waals surface area contributed by atoms with Gasteiger partial charge in [-0.1, -0.05) is 31.5 Å². The third-order valence-electron chi connectivity index (χ3n) is 5.90. The average Bonchev–Trinajstić information content (AvgIpc) is 3.52. The number of hydrogen-bond acceptors (Lipinski definition) is 4. The van der Waals surface area contributed by atoms with E-state index in [9.17, 15) is 9.18 Å². The number of nitrogens with one attached hydrogen (secondary N) is 2. The van der Waals surface area contributed by atoms with Crippen LogP contribution in [0.2, 0.25) is 0 Å². The number of carbonyl (C=O) groups is 1. The summed E-state index contributed by atoms with van der Waals surface area (Å²) >= 11 is 1.51. The fourth-order valence-corrected chi connectivity index (χ4v) is 5.45. The third-order valence-corrected chi connectivity index (χ3v) is 6.93. The maximum absolute atomic E-state index is 13.4. The van der Waals surface area contributed by atoms with E-state index in [4.69, 9.17) is 4.98 Å². The molecule has 1 saturated heterocycles. The number of nitrogens with zero attached hydrogens (tertiary/aromatic N) is 2. The van der Waals surface area contributed by atoms with E-state index in [-0.39, 0.29) is 17.8 Å². The summed E-state index contributed by atoms with van der Waals surface area (Å²) < 4.78 is 13.4. The summed E-state index contributed by atoms with van der Waals surface area (Å²) in [6.45, 7) is 2.95. The van der Waals surface area contributed by atoms with Crippen LogP contribution in [0.25, 0.3) is 22.2 Å². The number of thiazole rings is 1. The van der Waals surface area contributed by atoms with E-state index in [1.807, 2.05) is 18.2 Å². The highest BCUT2D eigenvalue weighted by Gasteiger charge is 2.32. The average molecular weight is 449 g/mol. The second-order valence-corrected chi connectivity index (χ2v) is 9.21. The number of aryl methyl sites for hydroxylation is 1. The van der Waals surface area contributed by atoms with Gasteiger partial charge in [-0.05, 0) is 55.7 Å². The van der Waals surface area contributed by atoms with Crippen molar-refractivity contribution >= 4 is 39.1 Å². The van der Waals surface area contributed by atoms with E-state index in [2.05, 4.69) is 34.3 Å². The second-order valence-electron chi connectivity index (χ2n) is 8.13. The molecule has 164 valence electrons. The van der Waals surface area contributed by atoms with Crippen LogP contribution < -0.4 is 10.2 Å². The highest BCUT2D eigenvalue weighted by atomic mass is 32.1. The Morgan fingerprint density at radius 2 is 2.06 bits per heavy atom. The Kier molecular flexibility index (Phi) is 5.66. The van der Waals surface area contributed by atoms with Crippen LogP contribution in [-0.4, -0.2) is 28.5 Å². The largest absolute Gasteiger partial charge is 0.346 e. The lowest BCUT2D eigenvalue weighted by Crippen LogP contribution is -2.39. The molecule has 0 spiro atoms. The minimum Gasteiger partial charge on any atom is -0.346 e. The molecule has 1 aliphatic heterocycles. The summed E-state index contributed by atoms with van der Waals surface area (Å²) in [6.07, 6.45) is 3.61. The van der Waals surface area contributed by atoms with Gasteiger partial charge in [0.15, 0.2) is 5.13 Å². The monoisotopic (exact) mass is 448 g/mol. The first-order valence-electron chi connectivity index (χ1n) is 11.0. The number of amides is 1. The number of H-pyrrole nitrogens is 1. The van der Waals surface area contributed by atoms with Crippen LogP contribution in [0.4, 0.5) is 15.3 Å². The van der Waals surface area contributed by atoms with Gasteiger partial charge >= 0.3 is 0 Å². The van der Waals surface area contributed by atoms with Gasteiger partial charge in [0.1, 0.15) is 17.7 Å². The van der Waals surface area contributed by atoms with Gasteiger partial charge in [-0.3, -0.25) is 4.79 Å². The summed E-state index contributed by atoms with van der Waals surface area (Å²) in [7, 11) is 0. The number of halogens is 1. The Morgan fingerprint density at radius 3 is 2.84 bits per heavy atom. The second kappa shape index (κ2) is 8.74. The Labute approximate surface area is 190 Å². The quantitative estimate of drug-likeness (QED) is 0.381. The molecule has 5 nitrogen and oxygen atoms in total. The van der Waals surface area contributed by atoms with Crippen molar-refractivity contribution in [3.8, 4) is 11.3 Å². The first-order chi connectivity index (χ1) is 15.6. The molecule has 0 radical (unpaired) electrons. The van der Waals surface area contributed by atoms with Gasteiger partial charge in [0, 0.05) is 27.9 Å². The van der Waals surface area contributed by atoms with Crippen molar-refractivity contribution in [3.05, 3.63) is 65.3 Å². The van der Waals surface area contributed by atoms with E-state index in [0.29, 0.717) is 5.13 Å². The molecule has 0 aliphatic carbocycles. The Morgan fingerprint density at radius 1 is 1.25 bits per heavy atom. The zero-order valence-corrected chi connectivity index (χ0v) is 18.7. The van der Waals surface area contributed by atoms with Crippen LogP contribution in [0.1, 0.15) is 31.1 Å². The smallest absolute Gasteiger partial charge is 0.248 e. The minimum atomic E-state index is -0.271. The van der Waals surface area contributed by atoms with Gasteiger partial charge in [-0.2, -0.15) is 0 Å². The Hall–Kier alpha value is -3.19. The number of benzene rings is 2. The fraction of sp³-hybridized carbons (Fsp3) is 0.280. The van der Waals surface area contributed by atoms with Crippen molar-refractivity contribution in [2.24, 2.45) is 0 Å². The van der Waals surface area contributed by atoms with Crippen molar-refractivity contribution in [2.45, 2.75) is 38.6 Å². The number of carbonyl (C=O) groups excluding carboxylic acids is 1. The summed E-state index contributed by atoms with van der Waals surface area (Å²) in [4.78, 5) is 24.6. The molecule has 1 aliphatic rings. The Bertz CT molecular complexity index is 1210. The zero-order chi connectivity index (χ0) is 22.1. The molecule has 2 aromatic heterocycles. The van der Waals surface area contributed by atoms with Crippen LogP contribution in [0.5, 0.6) is 0 Å². The number of aromatic nitrogens is 2. The molecule has 3 heterocycles. The van der Waals surface area contributed by atoms with E-state index in [1.165, 1.54) is 23.5 Å². The highest BCUT2D eigenvalue weighted by Crippen LogP contribution is 2.34. The van der Waals surface area contributed by atoms with E-state index in [1.54, 1.807) is 12.1 Å². The SMILES string of the molecule is CCCc1sc(NC(=O)[C@@H]2CCCN2c2cc3ccccc3[nH]2)nc1-c1ccc(F)cc1. The summed E-state index contributed by atoms with van der Waals surface area (Å²) in [5, 5.41) is 4.80. The molecule has 1 fully saturated rings. The predicted octanol–water partition coefficient (Wildman–Crippen LogP) is 5.99. The first-order valence-corrected chi connectivity index (χ1v) is 11.8. The Balaban J connectivity index is 1.38. The first kappa shape index (κ1) is 20.7. The molecule has 1 amide bonds. The van der Waals surface area contributed by atoms with Gasteiger partial charge in [0.05, 0.1) is 5.69 Å². The predicted molar refractivity (Wildman–Crippen MR) is 129 cm³/mol. The van der Waals surface area contributed by atoms with Crippen molar-refractivity contribution in [3.63, 3.8) is 0 Å². The number of fused-ring (bicyclic) bond motifs is 1. The summed E-state index contributed by atoms with van der Waals surface area (Å²) in [6, 6.07) is 16.4. The van der Waals surface area contributed by atoms with Crippen molar-refractivity contribution in [1.29, 1.82) is 0 Å². The van der Waals surface area contributed by atoms with Crippen LogP contribution in [0.15, 0.2) is 54.6 Å². The molecule has 0 saturated carbocycles. The van der Waals surface area contributed by atoms with Gasteiger partial charge in [-0.25, -0.2) is 9.37 Å². The lowest BCUT2D eigenvalue weighted by Gasteiger charge is -2.24. The van der Waals surface area contributed by atoms with Gasteiger partial charge < -0.3 is 15.2 Å². The standard InChI is InChI=1S/C25H25FN4OS/c1-2-6-21-23(16-10-12-18(26)13-11-16)28-25(32-21)29-24(31)20-9-5-14-30(20)22-15-17-7-3-4-8-19(17)27-22/h3-4,7-8,10-13,15,20,27H,2,5-6,9,14H2,1H3,(H,28,29,31)/t20-/m0/s1. The molecule has 7 heteroatoms. The number of hydrogen-bond donors (Lipinski definition) is 2. The lowest BCUT2D eigenvalue weighted by molar-refractivity contribution is -0.117. The molecule has 5 rings (SSSR count). The molecule has 4 aromatic rings. The lowest BCUT2D eigenvalue weighted by atomic mass is 10.1. The number of aromatic amines is 1. The van der Waals surface area contributed by atoms with Crippen molar-refractivity contribution < 1.29 is 9.18 Å². The van der Waals surface area contributed by atoms with Crippen molar-refractivity contribution in [1.82, 2.24) is 9.97 Å². The van der Waals surface area contributed by atoms with Gasteiger partial charge in [-0.15, -0.1) is 11.3 Å². The molecule has 2 aromatic carbocycles. The number of rotatable bonds is 6. The summed E-state index contributed by atoms with van der Waals surface area (Å²) in [5.74, 6) is 0.665. The van der Waals surface area contributed by atoms with Crippen LogP contribution in [0, 0.1) is 5.82 Å². The van der Waals surface area contributed by atoms with E-state index < -0.39 is 0 Å².